The van der Waals surface area contributed by atoms with E-state index < -0.39 is 5.97 Å². The fourth-order valence-corrected chi connectivity index (χ4v) is 3.41. The molecule has 1 aromatic carbocycles. The largest absolute Gasteiger partial charge is 0.462 e. The highest BCUT2D eigenvalue weighted by Crippen LogP contribution is 2.30. The first kappa shape index (κ1) is 15.4. The number of halogens is 1. The lowest BCUT2D eigenvalue weighted by molar-refractivity contribution is 0.0530. The van der Waals surface area contributed by atoms with Crippen molar-refractivity contribution in [2.24, 2.45) is 0 Å². The summed E-state index contributed by atoms with van der Waals surface area (Å²) in [5.41, 5.74) is 2.04. The number of hydrogen-bond donors (Lipinski definition) is 0. The lowest BCUT2D eigenvalue weighted by atomic mass is 10.1. The van der Waals surface area contributed by atoms with Gasteiger partial charge in [-0.25, -0.2) is 14.2 Å². The van der Waals surface area contributed by atoms with Crippen LogP contribution < -0.4 is 0 Å². The average Bonchev–Trinajstić information content (AvgIpc) is 3.05. The van der Waals surface area contributed by atoms with E-state index >= 15 is 0 Å². The van der Waals surface area contributed by atoms with Crippen LogP contribution in [0.1, 0.15) is 32.8 Å². The lowest BCUT2D eigenvalue weighted by Crippen LogP contribution is -2.05. The van der Waals surface area contributed by atoms with E-state index in [-0.39, 0.29) is 12.4 Å². The van der Waals surface area contributed by atoms with Crippen molar-refractivity contribution in [2.75, 3.05) is 6.61 Å². The number of esters is 1. The second-order valence-electron chi connectivity index (χ2n) is 4.83. The van der Waals surface area contributed by atoms with E-state index in [9.17, 15) is 14.0 Å². The van der Waals surface area contributed by atoms with E-state index in [4.69, 9.17) is 4.74 Å². The number of aryl methyl sites for hydroxylation is 1. The highest BCUT2D eigenvalue weighted by atomic mass is 32.1. The number of ether oxygens (including phenoxy) is 1. The van der Waals surface area contributed by atoms with Gasteiger partial charge in [-0.15, -0.1) is 0 Å². The molecule has 2 aromatic heterocycles. The molecule has 0 saturated heterocycles. The van der Waals surface area contributed by atoms with Crippen LogP contribution in [0.4, 0.5) is 4.39 Å². The highest BCUT2D eigenvalue weighted by Gasteiger charge is 2.23. The van der Waals surface area contributed by atoms with Crippen LogP contribution in [0.5, 0.6) is 0 Å². The Hall–Kier alpha value is -2.54. The maximum atomic E-state index is 13.1. The Balaban J connectivity index is 2.18. The van der Waals surface area contributed by atoms with Crippen molar-refractivity contribution in [1.29, 1.82) is 0 Å². The molecule has 3 rings (SSSR count). The summed E-state index contributed by atoms with van der Waals surface area (Å²) in [6.45, 7) is 3.74. The van der Waals surface area contributed by atoms with Crippen molar-refractivity contribution in [3.8, 4) is 11.3 Å². The van der Waals surface area contributed by atoms with E-state index in [0.29, 0.717) is 38.8 Å². The summed E-state index contributed by atoms with van der Waals surface area (Å²) in [5.74, 6) is -0.788. The molecule has 3 aromatic rings. The van der Waals surface area contributed by atoms with Crippen molar-refractivity contribution in [2.45, 2.75) is 13.8 Å². The van der Waals surface area contributed by atoms with E-state index in [2.05, 4.69) is 4.98 Å². The van der Waals surface area contributed by atoms with Gasteiger partial charge in [0, 0.05) is 11.3 Å². The van der Waals surface area contributed by atoms with Gasteiger partial charge in [0.25, 0.3) is 0 Å². The Morgan fingerprint density at radius 2 is 2.09 bits per heavy atom. The SMILES string of the molecule is CCOC(=O)c1sc2nc(-c3ccc(F)cc3)c(C=O)n2c1C. The molecule has 0 N–H and O–H groups in total. The molecule has 0 aliphatic rings. The topological polar surface area (TPSA) is 60.7 Å². The number of benzene rings is 1. The van der Waals surface area contributed by atoms with Crippen LogP contribution in [0.3, 0.4) is 0 Å². The van der Waals surface area contributed by atoms with Gasteiger partial charge in [-0.3, -0.25) is 9.20 Å². The first-order valence-corrected chi connectivity index (χ1v) is 7.78. The maximum absolute atomic E-state index is 13.1. The normalized spacial score (nSPS) is 10.9. The number of nitrogens with zero attached hydrogens (tertiary/aromatic N) is 2. The number of carbonyl (C=O) groups excluding carboxylic acids is 2. The fourth-order valence-electron chi connectivity index (χ4n) is 2.39. The van der Waals surface area contributed by atoms with Gasteiger partial charge in [-0.05, 0) is 38.1 Å². The van der Waals surface area contributed by atoms with Gasteiger partial charge in [0.2, 0.25) is 0 Å². The van der Waals surface area contributed by atoms with Gasteiger partial charge < -0.3 is 4.74 Å². The van der Waals surface area contributed by atoms with Crippen molar-refractivity contribution in [3.05, 3.63) is 46.3 Å². The van der Waals surface area contributed by atoms with Crippen LogP contribution in [0.15, 0.2) is 24.3 Å². The smallest absolute Gasteiger partial charge is 0.350 e. The second kappa shape index (κ2) is 5.92. The molecule has 0 bridgehead atoms. The van der Waals surface area contributed by atoms with Gasteiger partial charge in [0.05, 0.1) is 6.61 Å². The molecule has 0 aliphatic carbocycles. The molecule has 0 amide bonds. The van der Waals surface area contributed by atoms with Gasteiger partial charge in [-0.1, -0.05) is 11.3 Å². The van der Waals surface area contributed by atoms with Crippen LogP contribution >= 0.6 is 11.3 Å². The third-order valence-electron chi connectivity index (χ3n) is 3.43. The van der Waals surface area contributed by atoms with Crippen LogP contribution in [0.2, 0.25) is 0 Å². The highest BCUT2D eigenvalue weighted by molar-refractivity contribution is 7.19. The number of aromatic nitrogens is 2. The summed E-state index contributed by atoms with van der Waals surface area (Å²) in [6.07, 6.45) is 0.688. The molecular weight excluding hydrogens is 319 g/mol. The Morgan fingerprint density at radius 1 is 1.39 bits per heavy atom. The molecule has 0 aliphatic heterocycles. The molecule has 0 unspecified atom stereocenters. The third-order valence-corrected chi connectivity index (χ3v) is 4.55. The van der Waals surface area contributed by atoms with Crippen LogP contribution in [-0.2, 0) is 4.74 Å². The van der Waals surface area contributed by atoms with Gasteiger partial charge >= 0.3 is 5.97 Å². The predicted octanol–water partition coefficient (Wildman–Crippen LogP) is 3.50. The van der Waals surface area contributed by atoms with Gasteiger partial charge in [-0.2, -0.15) is 0 Å². The van der Waals surface area contributed by atoms with E-state index in [1.807, 2.05) is 0 Å². The van der Waals surface area contributed by atoms with Gasteiger partial charge in [0.15, 0.2) is 11.2 Å². The minimum absolute atomic E-state index is 0.278. The van der Waals surface area contributed by atoms with E-state index in [1.165, 1.54) is 12.1 Å². The zero-order chi connectivity index (χ0) is 16.6. The predicted molar refractivity (Wildman–Crippen MR) is 84.5 cm³/mol. The quantitative estimate of drug-likeness (QED) is 0.542. The number of hydrogen-bond acceptors (Lipinski definition) is 5. The molecule has 7 heteroatoms. The number of thiazole rings is 1. The lowest BCUT2D eigenvalue weighted by Gasteiger charge is -2.02. The van der Waals surface area contributed by atoms with Crippen molar-refractivity contribution < 1.29 is 18.7 Å². The summed E-state index contributed by atoms with van der Waals surface area (Å²) in [7, 11) is 0. The Morgan fingerprint density at radius 3 is 2.70 bits per heavy atom. The van der Waals surface area contributed by atoms with Crippen molar-refractivity contribution >= 4 is 28.6 Å². The third kappa shape index (κ3) is 2.53. The molecule has 2 heterocycles. The summed E-state index contributed by atoms with van der Waals surface area (Å²) < 4.78 is 19.7. The molecule has 0 spiro atoms. The molecule has 0 atom stereocenters. The van der Waals surface area contributed by atoms with Crippen LogP contribution in [0.25, 0.3) is 16.2 Å². The first-order chi connectivity index (χ1) is 11.1. The Kier molecular flexibility index (Phi) is 3.96. The monoisotopic (exact) mass is 332 g/mol. The first-order valence-electron chi connectivity index (χ1n) is 6.97. The second-order valence-corrected chi connectivity index (χ2v) is 5.80. The Bertz CT molecular complexity index is 896. The molecule has 23 heavy (non-hydrogen) atoms. The minimum Gasteiger partial charge on any atom is -0.462 e. The zero-order valence-corrected chi connectivity index (χ0v) is 13.3. The number of fused-ring (bicyclic) bond motifs is 1. The zero-order valence-electron chi connectivity index (χ0n) is 12.5. The summed E-state index contributed by atoms with van der Waals surface area (Å²) >= 11 is 1.16. The molecule has 0 saturated carbocycles. The number of carbonyl (C=O) groups is 2. The standard InChI is InChI=1S/C16H13FN2O3S/c1-3-22-15(21)14-9(2)19-12(8-20)13(18-16(19)23-14)10-4-6-11(17)7-5-10/h4-8H,3H2,1-2H3. The Labute approximate surface area is 135 Å². The minimum atomic E-state index is -0.430. The molecule has 0 fully saturated rings. The van der Waals surface area contributed by atoms with Crippen LogP contribution in [-0.4, -0.2) is 28.2 Å². The maximum Gasteiger partial charge on any atom is 0.350 e. The van der Waals surface area contributed by atoms with Crippen molar-refractivity contribution in [3.63, 3.8) is 0 Å². The molecular formula is C16H13FN2O3S. The van der Waals surface area contributed by atoms with Crippen LogP contribution in [0, 0.1) is 12.7 Å². The molecule has 118 valence electrons. The van der Waals surface area contributed by atoms with Gasteiger partial charge in [0.1, 0.15) is 22.1 Å². The number of imidazole rings is 1. The number of rotatable bonds is 4. The average molecular weight is 332 g/mol. The van der Waals surface area contributed by atoms with Crippen molar-refractivity contribution in [1.82, 2.24) is 9.38 Å². The summed E-state index contributed by atoms with van der Waals surface area (Å²) in [4.78, 5) is 28.9. The van der Waals surface area contributed by atoms with E-state index in [1.54, 1.807) is 30.4 Å². The number of aldehydes is 1. The summed E-state index contributed by atoms with van der Waals surface area (Å²) in [5, 5.41) is 0. The van der Waals surface area contributed by atoms with E-state index in [0.717, 1.165) is 11.3 Å². The fraction of sp³-hybridized carbons (Fsp3) is 0.188. The molecule has 5 nitrogen and oxygen atoms in total. The molecule has 0 radical (unpaired) electrons. The summed E-state index contributed by atoms with van der Waals surface area (Å²) in [6, 6.07) is 5.76.